The first-order chi connectivity index (χ1) is 15.6. The quantitative estimate of drug-likeness (QED) is 0.532. The molecule has 0 spiro atoms. The molecule has 0 unspecified atom stereocenters. The Hall–Kier alpha value is -3.11. The van der Waals surface area contributed by atoms with E-state index in [1.165, 1.54) is 38.4 Å². The van der Waals surface area contributed by atoms with E-state index in [1.54, 1.807) is 18.1 Å². The van der Waals surface area contributed by atoms with Crippen LogP contribution < -0.4 is 14.8 Å². The summed E-state index contributed by atoms with van der Waals surface area (Å²) in [6, 6.07) is 11.2. The van der Waals surface area contributed by atoms with Crippen LogP contribution in [0.25, 0.3) is 0 Å². The maximum Gasteiger partial charge on any atom is 0.251 e. The summed E-state index contributed by atoms with van der Waals surface area (Å²) in [6.07, 6.45) is 0. The predicted molar refractivity (Wildman–Crippen MR) is 125 cm³/mol. The van der Waals surface area contributed by atoms with Crippen LogP contribution in [0.15, 0.2) is 47.4 Å². The molecule has 0 aliphatic heterocycles. The summed E-state index contributed by atoms with van der Waals surface area (Å²) in [7, 11) is 0.718. The lowest BCUT2D eigenvalue weighted by Crippen LogP contribution is -2.39. The van der Waals surface area contributed by atoms with Crippen LogP contribution in [-0.4, -0.2) is 70.3 Å². The second-order valence-corrected chi connectivity index (χ2v) is 9.48. The summed E-state index contributed by atoms with van der Waals surface area (Å²) in [4.78, 5) is 26.8. The van der Waals surface area contributed by atoms with Gasteiger partial charge in [-0.05, 0) is 49.7 Å². The first-order valence-corrected chi connectivity index (χ1v) is 12.0. The molecule has 1 N–H and O–H groups in total. The van der Waals surface area contributed by atoms with Gasteiger partial charge in [-0.2, -0.15) is 0 Å². The van der Waals surface area contributed by atoms with Crippen molar-refractivity contribution in [3.05, 3.63) is 53.6 Å². The molecule has 0 saturated carbocycles. The van der Waals surface area contributed by atoms with Crippen LogP contribution in [0.3, 0.4) is 0 Å². The molecule has 33 heavy (non-hydrogen) atoms. The Morgan fingerprint density at radius 3 is 2.36 bits per heavy atom. The highest BCUT2D eigenvalue weighted by atomic mass is 32.2. The molecule has 0 aromatic heterocycles. The van der Waals surface area contributed by atoms with Crippen LogP contribution in [0.1, 0.15) is 29.8 Å². The highest BCUT2D eigenvalue weighted by molar-refractivity contribution is 7.89. The summed E-state index contributed by atoms with van der Waals surface area (Å²) in [6.45, 7) is 4.81. The molecule has 180 valence electrons. The van der Waals surface area contributed by atoms with E-state index in [-0.39, 0.29) is 22.9 Å². The molecule has 0 aliphatic rings. The van der Waals surface area contributed by atoms with E-state index in [0.29, 0.717) is 31.2 Å². The van der Waals surface area contributed by atoms with Gasteiger partial charge in [0.25, 0.3) is 5.91 Å². The molecule has 2 aromatic rings. The maximum atomic E-state index is 12.7. The van der Waals surface area contributed by atoms with Gasteiger partial charge in [0, 0.05) is 32.7 Å². The van der Waals surface area contributed by atoms with E-state index >= 15 is 0 Å². The maximum absolute atomic E-state index is 12.7. The zero-order valence-corrected chi connectivity index (χ0v) is 20.4. The molecule has 0 saturated heterocycles. The highest BCUT2D eigenvalue weighted by Gasteiger charge is 2.20. The van der Waals surface area contributed by atoms with Gasteiger partial charge in [0.1, 0.15) is 0 Å². The van der Waals surface area contributed by atoms with E-state index in [1.807, 2.05) is 26.0 Å². The third-order valence-corrected chi connectivity index (χ3v) is 6.72. The molecular formula is C23H31N3O6S. The summed E-state index contributed by atoms with van der Waals surface area (Å²) in [5, 5.41) is 2.57. The van der Waals surface area contributed by atoms with Crippen LogP contribution in [0.5, 0.6) is 11.5 Å². The van der Waals surface area contributed by atoms with Crippen LogP contribution in [0.2, 0.25) is 0 Å². The number of hydrogen-bond acceptors (Lipinski definition) is 6. The Labute approximate surface area is 195 Å². The lowest BCUT2D eigenvalue weighted by Gasteiger charge is -2.22. The summed E-state index contributed by atoms with van der Waals surface area (Å²) in [5.74, 6) is 0.413. The van der Waals surface area contributed by atoms with Gasteiger partial charge < -0.3 is 19.7 Å². The van der Waals surface area contributed by atoms with E-state index in [4.69, 9.17) is 9.47 Å². The SMILES string of the molecule is CCOc1ccc(CN(CC)C(=O)CNC(=O)c2cccc(S(=O)(=O)N(C)C)c2)cc1OC. The Bertz CT molecular complexity index is 1090. The first kappa shape index (κ1) is 26.1. The number of methoxy groups -OCH3 is 1. The first-order valence-electron chi connectivity index (χ1n) is 10.5. The number of carbonyl (C=O) groups is 2. The highest BCUT2D eigenvalue weighted by Crippen LogP contribution is 2.28. The second kappa shape index (κ2) is 11.7. The molecule has 2 rings (SSSR count). The number of benzene rings is 2. The third kappa shape index (κ3) is 6.69. The van der Waals surface area contributed by atoms with Crippen LogP contribution >= 0.6 is 0 Å². The minimum absolute atomic E-state index is 0.00566. The number of hydrogen-bond donors (Lipinski definition) is 1. The van der Waals surface area contributed by atoms with Gasteiger partial charge in [-0.15, -0.1) is 0 Å². The largest absolute Gasteiger partial charge is 0.493 e. The van der Waals surface area contributed by atoms with Crippen LogP contribution in [0.4, 0.5) is 0 Å². The van der Waals surface area contributed by atoms with Crippen LogP contribution in [0, 0.1) is 0 Å². The van der Waals surface area contributed by atoms with Gasteiger partial charge in [0.15, 0.2) is 11.5 Å². The topological polar surface area (TPSA) is 105 Å². The van der Waals surface area contributed by atoms with Crippen molar-refractivity contribution in [2.24, 2.45) is 0 Å². The molecule has 0 radical (unpaired) electrons. The van der Waals surface area contributed by atoms with E-state index < -0.39 is 15.9 Å². The van der Waals surface area contributed by atoms with Gasteiger partial charge in [-0.25, -0.2) is 12.7 Å². The zero-order valence-electron chi connectivity index (χ0n) is 19.6. The molecule has 9 nitrogen and oxygen atoms in total. The number of amides is 2. The van der Waals surface area contributed by atoms with Gasteiger partial charge in [0.2, 0.25) is 15.9 Å². The zero-order chi connectivity index (χ0) is 24.6. The number of likely N-dealkylation sites (N-methyl/N-ethyl adjacent to an activating group) is 1. The average Bonchev–Trinajstić information content (AvgIpc) is 2.81. The van der Waals surface area contributed by atoms with Gasteiger partial charge in [-0.1, -0.05) is 12.1 Å². The molecule has 2 aromatic carbocycles. The van der Waals surface area contributed by atoms with Crippen molar-refractivity contribution in [3.8, 4) is 11.5 Å². The number of rotatable bonds is 11. The minimum atomic E-state index is -3.67. The van der Waals surface area contributed by atoms with Crippen molar-refractivity contribution < 1.29 is 27.5 Å². The fourth-order valence-electron chi connectivity index (χ4n) is 3.06. The van der Waals surface area contributed by atoms with E-state index in [9.17, 15) is 18.0 Å². The Morgan fingerprint density at radius 1 is 1.03 bits per heavy atom. The van der Waals surface area contributed by atoms with Crippen molar-refractivity contribution in [1.29, 1.82) is 0 Å². The molecule has 0 bridgehead atoms. The monoisotopic (exact) mass is 477 g/mol. The van der Waals surface area contributed by atoms with Crippen molar-refractivity contribution in [1.82, 2.24) is 14.5 Å². The molecule has 0 atom stereocenters. The standard InChI is InChI=1S/C23H31N3O6S/c1-6-26(16-17-11-12-20(32-7-2)21(13-17)31-5)22(27)15-24-23(28)18-9-8-10-19(14-18)33(29,30)25(3)4/h8-14H,6-7,15-16H2,1-5H3,(H,24,28). The number of nitrogens with zero attached hydrogens (tertiary/aromatic N) is 2. The van der Waals surface area contributed by atoms with Crippen molar-refractivity contribution >= 4 is 21.8 Å². The fourth-order valence-corrected chi connectivity index (χ4v) is 4.01. The summed E-state index contributed by atoms with van der Waals surface area (Å²) >= 11 is 0. The molecular weight excluding hydrogens is 446 g/mol. The number of nitrogens with one attached hydrogen (secondary N) is 1. The summed E-state index contributed by atoms with van der Waals surface area (Å²) < 4.78 is 36.5. The van der Waals surface area contributed by atoms with Gasteiger partial charge in [-0.3, -0.25) is 9.59 Å². The second-order valence-electron chi connectivity index (χ2n) is 7.32. The van der Waals surface area contributed by atoms with Crippen molar-refractivity contribution in [2.45, 2.75) is 25.3 Å². The smallest absolute Gasteiger partial charge is 0.251 e. The average molecular weight is 478 g/mol. The predicted octanol–water partition coefficient (Wildman–Crippen LogP) is 2.12. The van der Waals surface area contributed by atoms with Gasteiger partial charge >= 0.3 is 0 Å². The number of carbonyl (C=O) groups excluding carboxylic acids is 2. The molecule has 0 aliphatic carbocycles. The Morgan fingerprint density at radius 2 is 1.76 bits per heavy atom. The summed E-state index contributed by atoms with van der Waals surface area (Å²) in [5.41, 5.74) is 1.02. The van der Waals surface area contributed by atoms with Crippen molar-refractivity contribution in [3.63, 3.8) is 0 Å². The molecule has 2 amide bonds. The fraction of sp³-hybridized carbons (Fsp3) is 0.391. The number of sulfonamides is 1. The molecule has 0 fully saturated rings. The van der Waals surface area contributed by atoms with Gasteiger partial charge in [0.05, 0.1) is 25.2 Å². The van der Waals surface area contributed by atoms with Crippen molar-refractivity contribution in [2.75, 3.05) is 40.9 Å². The Balaban J connectivity index is 2.05. The van der Waals surface area contributed by atoms with E-state index in [2.05, 4.69) is 5.32 Å². The normalized spacial score (nSPS) is 11.2. The lowest BCUT2D eigenvalue weighted by atomic mass is 10.2. The van der Waals surface area contributed by atoms with E-state index in [0.717, 1.165) is 9.87 Å². The molecule has 10 heteroatoms. The Kier molecular flexibility index (Phi) is 9.24. The lowest BCUT2D eigenvalue weighted by molar-refractivity contribution is -0.130. The number of ether oxygens (including phenoxy) is 2. The minimum Gasteiger partial charge on any atom is -0.493 e. The third-order valence-electron chi connectivity index (χ3n) is 4.91. The van der Waals surface area contributed by atoms with Crippen LogP contribution in [-0.2, 0) is 21.4 Å². The molecule has 0 heterocycles.